The monoisotopic (exact) mass is 324 g/mol. The molecule has 1 aliphatic heterocycles. The zero-order valence-electron chi connectivity index (χ0n) is 11.8. The summed E-state index contributed by atoms with van der Waals surface area (Å²) in [5, 5.41) is 16.6. The normalized spacial score (nSPS) is 23.4. The van der Waals surface area contributed by atoms with Crippen molar-refractivity contribution in [2.45, 2.75) is 38.1 Å². The Balaban J connectivity index is 1.83. The van der Waals surface area contributed by atoms with E-state index in [-0.39, 0.29) is 6.04 Å². The van der Waals surface area contributed by atoms with Gasteiger partial charge in [0.15, 0.2) is 0 Å². The highest BCUT2D eigenvalue weighted by Crippen LogP contribution is 2.43. The summed E-state index contributed by atoms with van der Waals surface area (Å²) < 4.78 is 5.86. The van der Waals surface area contributed by atoms with Gasteiger partial charge >= 0.3 is 0 Å². The van der Waals surface area contributed by atoms with Crippen LogP contribution in [-0.2, 0) is 6.54 Å². The fraction of sp³-hybridized carbons (Fsp3) is 0.400. The van der Waals surface area contributed by atoms with E-state index in [9.17, 15) is 5.11 Å². The standard InChI is InChI=1S/C15H17ClN2O2S/c1-15(2)14(19)12(13-11(20-15)4-6-21-13)18-7-9-3-5-17-8-10(9)16/h3-6,8,12,14,18-19H,7H2,1-2H3/t12-,14+/m0/s1. The molecule has 3 rings (SSSR count). The molecule has 0 radical (unpaired) electrons. The average molecular weight is 325 g/mol. The lowest BCUT2D eigenvalue weighted by atomic mass is 9.90. The Morgan fingerprint density at radius 2 is 2.29 bits per heavy atom. The van der Waals surface area contributed by atoms with E-state index in [1.807, 2.05) is 31.4 Å². The van der Waals surface area contributed by atoms with E-state index in [4.69, 9.17) is 16.3 Å². The Morgan fingerprint density at radius 3 is 3.05 bits per heavy atom. The molecule has 0 unspecified atom stereocenters. The van der Waals surface area contributed by atoms with Crippen molar-refractivity contribution in [3.05, 3.63) is 45.4 Å². The second-order valence-electron chi connectivity index (χ2n) is 5.63. The van der Waals surface area contributed by atoms with E-state index in [0.717, 1.165) is 16.2 Å². The van der Waals surface area contributed by atoms with Crippen LogP contribution in [0.2, 0.25) is 5.02 Å². The fourth-order valence-corrected chi connectivity index (χ4v) is 3.59. The molecule has 4 nitrogen and oxygen atoms in total. The van der Waals surface area contributed by atoms with Crippen molar-refractivity contribution < 1.29 is 9.84 Å². The lowest BCUT2D eigenvalue weighted by molar-refractivity contribution is -0.0632. The van der Waals surface area contributed by atoms with Crippen molar-refractivity contribution in [2.24, 2.45) is 0 Å². The first kappa shape index (κ1) is 14.8. The third kappa shape index (κ3) is 2.79. The maximum atomic E-state index is 10.6. The average Bonchev–Trinajstić information content (AvgIpc) is 2.88. The highest BCUT2D eigenvalue weighted by molar-refractivity contribution is 7.10. The molecule has 2 aromatic rings. The zero-order chi connectivity index (χ0) is 15.0. The fourth-order valence-electron chi connectivity index (χ4n) is 2.48. The van der Waals surface area contributed by atoms with Crippen LogP contribution in [0.15, 0.2) is 29.9 Å². The van der Waals surface area contributed by atoms with E-state index in [1.54, 1.807) is 23.7 Å². The second-order valence-corrected chi connectivity index (χ2v) is 6.98. The summed E-state index contributed by atoms with van der Waals surface area (Å²) in [6, 6.07) is 3.65. The van der Waals surface area contributed by atoms with Gasteiger partial charge in [-0.3, -0.25) is 4.98 Å². The summed E-state index contributed by atoms with van der Waals surface area (Å²) in [6.07, 6.45) is 2.70. The molecule has 0 bridgehead atoms. The molecule has 0 amide bonds. The Hall–Kier alpha value is -1.14. The van der Waals surface area contributed by atoms with E-state index in [1.165, 1.54) is 0 Å². The SMILES string of the molecule is CC1(C)Oc2ccsc2[C@H](NCc2ccncc2Cl)[C@H]1O. The minimum Gasteiger partial charge on any atom is -0.484 e. The number of halogens is 1. The predicted molar refractivity (Wildman–Crippen MR) is 83.9 cm³/mol. The number of ether oxygens (including phenoxy) is 1. The van der Waals surface area contributed by atoms with Crippen LogP contribution in [0.4, 0.5) is 0 Å². The number of pyridine rings is 1. The maximum absolute atomic E-state index is 10.6. The highest BCUT2D eigenvalue weighted by atomic mass is 35.5. The number of nitrogens with zero attached hydrogens (tertiary/aromatic N) is 1. The van der Waals surface area contributed by atoms with Gasteiger partial charge in [0.1, 0.15) is 17.5 Å². The molecule has 21 heavy (non-hydrogen) atoms. The van der Waals surface area contributed by atoms with E-state index in [0.29, 0.717) is 11.6 Å². The third-order valence-corrected chi connectivity index (χ3v) is 5.03. The predicted octanol–water partition coefficient (Wildman–Crippen LogP) is 3.16. The number of aliphatic hydroxyl groups excluding tert-OH is 1. The first-order chi connectivity index (χ1) is 9.99. The molecule has 0 saturated carbocycles. The molecule has 3 heterocycles. The van der Waals surface area contributed by atoms with Crippen LogP contribution < -0.4 is 10.1 Å². The molecule has 112 valence electrons. The van der Waals surface area contributed by atoms with E-state index in [2.05, 4.69) is 10.3 Å². The van der Waals surface area contributed by atoms with Gasteiger partial charge in [0.25, 0.3) is 0 Å². The zero-order valence-corrected chi connectivity index (χ0v) is 13.4. The van der Waals surface area contributed by atoms with Gasteiger partial charge in [-0.05, 0) is 36.9 Å². The summed E-state index contributed by atoms with van der Waals surface area (Å²) in [4.78, 5) is 5.00. The van der Waals surface area contributed by atoms with Crippen molar-refractivity contribution in [3.8, 4) is 5.75 Å². The lowest BCUT2D eigenvalue weighted by Crippen LogP contribution is -2.52. The summed E-state index contributed by atoms with van der Waals surface area (Å²) >= 11 is 7.71. The Morgan fingerprint density at radius 1 is 1.48 bits per heavy atom. The van der Waals surface area contributed by atoms with Gasteiger partial charge in [-0.15, -0.1) is 11.3 Å². The molecular weight excluding hydrogens is 308 g/mol. The van der Waals surface area contributed by atoms with Gasteiger partial charge in [0.2, 0.25) is 0 Å². The molecule has 2 atom stereocenters. The number of hydrogen-bond donors (Lipinski definition) is 2. The van der Waals surface area contributed by atoms with Crippen molar-refractivity contribution in [1.82, 2.24) is 10.3 Å². The third-order valence-electron chi connectivity index (χ3n) is 3.71. The number of aliphatic hydroxyl groups is 1. The molecule has 0 saturated heterocycles. The number of rotatable bonds is 3. The molecule has 1 aliphatic rings. The minimum absolute atomic E-state index is 0.173. The van der Waals surface area contributed by atoms with Crippen molar-refractivity contribution in [2.75, 3.05) is 0 Å². The molecule has 0 aromatic carbocycles. The largest absolute Gasteiger partial charge is 0.484 e. The van der Waals surface area contributed by atoms with Gasteiger partial charge in [0, 0.05) is 18.9 Å². The maximum Gasteiger partial charge on any atom is 0.135 e. The van der Waals surface area contributed by atoms with Gasteiger partial charge in [-0.1, -0.05) is 11.6 Å². The van der Waals surface area contributed by atoms with Crippen LogP contribution in [-0.4, -0.2) is 21.8 Å². The quantitative estimate of drug-likeness (QED) is 0.910. The topological polar surface area (TPSA) is 54.4 Å². The number of nitrogens with one attached hydrogen (secondary N) is 1. The van der Waals surface area contributed by atoms with Crippen LogP contribution in [0.5, 0.6) is 5.75 Å². The van der Waals surface area contributed by atoms with Gasteiger partial charge in [-0.25, -0.2) is 0 Å². The Labute approximate surface area is 132 Å². The molecule has 0 fully saturated rings. The molecule has 2 N–H and O–H groups in total. The summed E-state index contributed by atoms with van der Waals surface area (Å²) in [5.74, 6) is 0.841. The molecule has 0 spiro atoms. The summed E-state index contributed by atoms with van der Waals surface area (Å²) in [7, 11) is 0. The summed E-state index contributed by atoms with van der Waals surface area (Å²) in [6.45, 7) is 4.36. The lowest BCUT2D eigenvalue weighted by Gasteiger charge is -2.41. The number of aromatic nitrogens is 1. The van der Waals surface area contributed by atoms with Crippen LogP contribution in [0.25, 0.3) is 0 Å². The van der Waals surface area contributed by atoms with Crippen molar-refractivity contribution in [1.29, 1.82) is 0 Å². The van der Waals surface area contributed by atoms with Crippen LogP contribution in [0.1, 0.15) is 30.3 Å². The van der Waals surface area contributed by atoms with Crippen molar-refractivity contribution >= 4 is 22.9 Å². The molecule has 6 heteroatoms. The van der Waals surface area contributed by atoms with E-state index < -0.39 is 11.7 Å². The number of fused-ring (bicyclic) bond motifs is 1. The summed E-state index contributed by atoms with van der Waals surface area (Å²) in [5.41, 5.74) is 0.328. The number of hydrogen-bond acceptors (Lipinski definition) is 5. The Kier molecular flexibility index (Phi) is 3.92. The van der Waals surface area contributed by atoms with Gasteiger partial charge in [0.05, 0.1) is 15.9 Å². The van der Waals surface area contributed by atoms with Crippen molar-refractivity contribution in [3.63, 3.8) is 0 Å². The molecule has 0 aliphatic carbocycles. The first-order valence-corrected chi connectivity index (χ1v) is 8.01. The smallest absolute Gasteiger partial charge is 0.135 e. The molecule has 2 aromatic heterocycles. The second kappa shape index (κ2) is 5.57. The first-order valence-electron chi connectivity index (χ1n) is 6.75. The van der Waals surface area contributed by atoms with Crippen LogP contribution in [0, 0.1) is 0 Å². The van der Waals surface area contributed by atoms with E-state index >= 15 is 0 Å². The minimum atomic E-state index is -0.635. The van der Waals surface area contributed by atoms with Crippen LogP contribution in [0.3, 0.4) is 0 Å². The van der Waals surface area contributed by atoms with Gasteiger partial charge in [-0.2, -0.15) is 0 Å². The van der Waals surface area contributed by atoms with Gasteiger partial charge < -0.3 is 15.2 Å². The Bertz CT molecular complexity index is 644. The number of thiophene rings is 1. The molecular formula is C15H17ClN2O2S. The van der Waals surface area contributed by atoms with Crippen LogP contribution >= 0.6 is 22.9 Å². The highest BCUT2D eigenvalue weighted by Gasteiger charge is 2.43.